The fraction of sp³-hybridized carbons (Fsp3) is 0.300. The highest BCUT2D eigenvalue weighted by Crippen LogP contribution is 2.34. The molecule has 0 saturated carbocycles. The predicted octanol–water partition coefficient (Wildman–Crippen LogP) is 3.35. The van der Waals surface area contributed by atoms with E-state index in [1.165, 1.54) is 5.56 Å². The molecular weight excluding hydrogens is 478 g/mol. The van der Waals surface area contributed by atoms with Crippen molar-refractivity contribution in [3.63, 3.8) is 0 Å². The highest BCUT2D eigenvalue weighted by atomic mass is 16.2. The number of aryl methyl sites for hydroxylation is 1. The number of nitrogens with one attached hydrogen (secondary N) is 1. The molecule has 4 amide bonds. The molecule has 8 heteroatoms. The van der Waals surface area contributed by atoms with Gasteiger partial charge in [0.2, 0.25) is 11.8 Å². The zero-order chi connectivity index (χ0) is 26.6. The number of rotatable bonds is 6. The zero-order valence-electron chi connectivity index (χ0n) is 21.8. The molecule has 2 heterocycles. The van der Waals surface area contributed by atoms with Crippen molar-refractivity contribution in [2.24, 2.45) is 0 Å². The Hall–Kier alpha value is -4.17. The summed E-state index contributed by atoms with van der Waals surface area (Å²) in [7, 11) is 1.74. The lowest BCUT2D eigenvalue weighted by Crippen LogP contribution is -2.73. The monoisotopic (exact) mass is 511 g/mol. The molecule has 1 unspecified atom stereocenters. The lowest BCUT2D eigenvalue weighted by molar-refractivity contribution is -0.187. The number of hydrogen-bond acceptors (Lipinski definition) is 4. The van der Waals surface area contributed by atoms with Gasteiger partial charge in [-0.1, -0.05) is 90.5 Å². The molecule has 0 radical (unpaired) electrons. The van der Waals surface area contributed by atoms with Gasteiger partial charge in [-0.05, 0) is 30.0 Å². The van der Waals surface area contributed by atoms with Crippen LogP contribution in [0.15, 0.2) is 84.9 Å². The van der Waals surface area contributed by atoms with E-state index in [1.54, 1.807) is 26.9 Å². The Morgan fingerprint density at radius 1 is 0.895 bits per heavy atom. The smallest absolute Gasteiger partial charge is 0.334 e. The first-order valence-corrected chi connectivity index (χ1v) is 12.9. The third-order valence-corrected chi connectivity index (χ3v) is 7.23. The van der Waals surface area contributed by atoms with Crippen LogP contribution in [0.3, 0.4) is 0 Å². The summed E-state index contributed by atoms with van der Waals surface area (Å²) in [5.41, 5.74) is 4.04. The normalized spacial score (nSPS) is 19.9. The average molecular weight is 512 g/mol. The Morgan fingerprint density at radius 2 is 1.55 bits per heavy atom. The minimum atomic E-state index is -0.793. The van der Waals surface area contributed by atoms with Gasteiger partial charge in [0.1, 0.15) is 12.2 Å². The number of hydrazine groups is 1. The second kappa shape index (κ2) is 11.1. The number of hydrogen-bond donors (Lipinski definition) is 1. The quantitative estimate of drug-likeness (QED) is 0.551. The minimum Gasteiger partial charge on any atom is -0.336 e. The van der Waals surface area contributed by atoms with E-state index in [-0.39, 0.29) is 30.9 Å². The number of carbonyl (C=O) groups is 3. The molecule has 2 fully saturated rings. The molecule has 0 spiro atoms. The maximum Gasteiger partial charge on any atom is 0.334 e. The van der Waals surface area contributed by atoms with Crippen LogP contribution in [-0.4, -0.2) is 70.5 Å². The van der Waals surface area contributed by atoms with Crippen LogP contribution in [0, 0.1) is 6.92 Å². The Balaban J connectivity index is 1.43. The van der Waals surface area contributed by atoms with Gasteiger partial charge in [0.15, 0.2) is 0 Å². The molecule has 2 aliphatic rings. The summed E-state index contributed by atoms with van der Waals surface area (Å²) >= 11 is 0. The molecular formula is C30H33N5O3. The number of carbonyl (C=O) groups excluding carboxylic acids is 3. The number of piperazine rings is 1. The summed E-state index contributed by atoms with van der Waals surface area (Å²) in [6.45, 7) is 3.15. The summed E-state index contributed by atoms with van der Waals surface area (Å²) in [5, 5.41) is 6.24. The van der Waals surface area contributed by atoms with E-state index in [1.807, 2.05) is 67.6 Å². The Bertz CT molecular complexity index is 1280. The second-order valence-electron chi connectivity index (χ2n) is 9.92. The Morgan fingerprint density at radius 3 is 2.24 bits per heavy atom. The van der Waals surface area contributed by atoms with Gasteiger partial charge >= 0.3 is 6.03 Å². The summed E-state index contributed by atoms with van der Waals surface area (Å²) < 4.78 is 0. The van der Waals surface area contributed by atoms with Crippen LogP contribution in [0.25, 0.3) is 0 Å². The van der Waals surface area contributed by atoms with Crippen LogP contribution >= 0.6 is 0 Å². The highest BCUT2D eigenvalue weighted by Gasteiger charge is 2.51. The number of amides is 4. The van der Waals surface area contributed by atoms with E-state index in [9.17, 15) is 14.4 Å². The van der Waals surface area contributed by atoms with Gasteiger partial charge in [-0.3, -0.25) is 9.59 Å². The molecule has 2 saturated heterocycles. The SMILES string of the molecule is Cc1ccc(CCN2CC3N(C(=O)CN(C)N3C(=O)NCc3ccccc3)[C@@H](c3ccccc3)C2=O)cc1. The maximum absolute atomic E-state index is 13.9. The predicted molar refractivity (Wildman–Crippen MR) is 144 cm³/mol. The van der Waals surface area contributed by atoms with Crippen LogP contribution in [0.4, 0.5) is 4.79 Å². The van der Waals surface area contributed by atoms with Gasteiger partial charge in [0.25, 0.3) is 0 Å². The van der Waals surface area contributed by atoms with E-state index in [0.29, 0.717) is 19.5 Å². The molecule has 0 aliphatic carbocycles. The first-order chi connectivity index (χ1) is 18.4. The molecule has 3 aromatic rings. The largest absolute Gasteiger partial charge is 0.336 e. The van der Waals surface area contributed by atoms with E-state index < -0.39 is 12.2 Å². The number of urea groups is 1. The number of benzene rings is 3. The Kier molecular flexibility index (Phi) is 7.42. The molecule has 196 valence electrons. The van der Waals surface area contributed by atoms with Crippen molar-refractivity contribution in [1.82, 2.24) is 25.1 Å². The average Bonchev–Trinajstić information content (AvgIpc) is 2.93. The molecule has 38 heavy (non-hydrogen) atoms. The fourth-order valence-corrected chi connectivity index (χ4v) is 5.23. The minimum absolute atomic E-state index is 0.00916. The van der Waals surface area contributed by atoms with Crippen molar-refractivity contribution in [2.45, 2.75) is 32.1 Å². The summed E-state index contributed by atoms with van der Waals surface area (Å²) in [6, 6.07) is 26.2. The van der Waals surface area contributed by atoms with E-state index in [4.69, 9.17) is 0 Å². The molecule has 0 aromatic heterocycles. The van der Waals surface area contributed by atoms with Crippen molar-refractivity contribution in [2.75, 3.05) is 26.7 Å². The third kappa shape index (κ3) is 5.26. The van der Waals surface area contributed by atoms with E-state index in [0.717, 1.165) is 16.7 Å². The van der Waals surface area contributed by atoms with Crippen molar-refractivity contribution >= 4 is 17.8 Å². The number of likely N-dealkylation sites (N-methyl/N-ethyl adjacent to an activating group) is 1. The van der Waals surface area contributed by atoms with Crippen molar-refractivity contribution in [1.29, 1.82) is 0 Å². The standard InChI is InChI=1S/C30H33N5O3/c1-22-13-15-23(16-14-22)17-18-33-20-26-34(28(29(33)37)25-11-7-4-8-12-25)27(36)21-32(2)35(26)30(38)31-19-24-9-5-3-6-10-24/h3-16,26,28H,17-21H2,1-2H3,(H,31,38)/t26?,28-/m0/s1. The summed E-state index contributed by atoms with van der Waals surface area (Å²) in [6.07, 6.45) is 0.0579. The second-order valence-corrected chi connectivity index (χ2v) is 9.92. The van der Waals surface area contributed by atoms with E-state index in [2.05, 4.69) is 29.6 Å². The lowest BCUT2D eigenvalue weighted by Gasteiger charge is -2.54. The summed E-state index contributed by atoms with van der Waals surface area (Å²) in [4.78, 5) is 44.2. The first-order valence-electron chi connectivity index (χ1n) is 12.9. The number of fused-ring (bicyclic) bond motifs is 1. The Labute approximate surface area is 223 Å². The molecule has 1 N–H and O–H groups in total. The van der Waals surface area contributed by atoms with Gasteiger partial charge in [-0.2, -0.15) is 0 Å². The van der Waals surface area contributed by atoms with Crippen LogP contribution in [0.5, 0.6) is 0 Å². The third-order valence-electron chi connectivity index (χ3n) is 7.23. The van der Waals surface area contributed by atoms with Crippen molar-refractivity contribution < 1.29 is 14.4 Å². The fourth-order valence-electron chi connectivity index (χ4n) is 5.23. The summed E-state index contributed by atoms with van der Waals surface area (Å²) in [5.74, 6) is -0.299. The van der Waals surface area contributed by atoms with Gasteiger partial charge in [-0.15, -0.1) is 0 Å². The van der Waals surface area contributed by atoms with Crippen LogP contribution in [0.1, 0.15) is 28.3 Å². The molecule has 2 atom stereocenters. The van der Waals surface area contributed by atoms with E-state index >= 15 is 0 Å². The van der Waals surface area contributed by atoms with Crippen LogP contribution in [-0.2, 0) is 22.6 Å². The van der Waals surface area contributed by atoms with Gasteiger partial charge in [-0.25, -0.2) is 14.8 Å². The van der Waals surface area contributed by atoms with Gasteiger partial charge < -0.3 is 15.1 Å². The lowest BCUT2D eigenvalue weighted by atomic mass is 9.98. The molecule has 8 nitrogen and oxygen atoms in total. The highest BCUT2D eigenvalue weighted by molar-refractivity contribution is 5.92. The topological polar surface area (TPSA) is 76.2 Å². The maximum atomic E-state index is 13.9. The van der Waals surface area contributed by atoms with Crippen LogP contribution in [0.2, 0.25) is 0 Å². The van der Waals surface area contributed by atoms with Gasteiger partial charge in [0, 0.05) is 20.1 Å². The molecule has 2 aliphatic heterocycles. The van der Waals surface area contributed by atoms with Crippen LogP contribution < -0.4 is 5.32 Å². The molecule has 5 rings (SSSR count). The van der Waals surface area contributed by atoms with Crippen molar-refractivity contribution in [3.8, 4) is 0 Å². The molecule has 0 bridgehead atoms. The first kappa shape index (κ1) is 25.5. The van der Waals surface area contributed by atoms with Crippen molar-refractivity contribution in [3.05, 3.63) is 107 Å². The van der Waals surface area contributed by atoms with Gasteiger partial charge in [0.05, 0.1) is 13.1 Å². The zero-order valence-corrected chi connectivity index (χ0v) is 21.8. The number of nitrogens with zero attached hydrogens (tertiary/aromatic N) is 4. The molecule has 3 aromatic carbocycles.